The van der Waals surface area contributed by atoms with Crippen molar-refractivity contribution < 1.29 is 5.11 Å². The summed E-state index contributed by atoms with van der Waals surface area (Å²) in [7, 11) is 0. The van der Waals surface area contributed by atoms with E-state index in [0.717, 1.165) is 23.4 Å². The van der Waals surface area contributed by atoms with Crippen LogP contribution in [0.4, 0.5) is 11.4 Å². The topological polar surface area (TPSA) is 58.3 Å². The maximum absolute atomic E-state index is 10.3. The second-order valence-corrected chi connectivity index (χ2v) is 4.56. The summed E-state index contributed by atoms with van der Waals surface area (Å²) in [5.41, 5.74) is 8.00. The summed E-state index contributed by atoms with van der Waals surface area (Å²) < 4.78 is 0. The quantitative estimate of drug-likeness (QED) is 0.614. The van der Waals surface area contributed by atoms with E-state index >= 15 is 0 Å². The van der Waals surface area contributed by atoms with E-state index in [9.17, 15) is 5.11 Å². The molecule has 1 heterocycles. The van der Waals surface area contributed by atoms with Gasteiger partial charge in [-0.05, 0) is 37.1 Å². The Bertz CT molecular complexity index is 374. The van der Waals surface area contributed by atoms with Crippen molar-refractivity contribution >= 4 is 11.4 Å². The predicted octanol–water partition coefficient (Wildman–Crippen LogP) is 1.77. The molecule has 0 saturated carbocycles. The van der Waals surface area contributed by atoms with Crippen molar-refractivity contribution in [2.45, 2.75) is 38.3 Å². The van der Waals surface area contributed by atoms with Gasteiger partial charge in [0.2, 0.25) is 0 Å². The van der Waals surface area contributed by atoms with Gasteiger partial charge < -0.3 is 16.2 Å². The Kier molecular flexibility index (Phi) is 2.35. The maximum atomic E-state index is 10.3. The number of aliphatic hydroxyl groups is 1. The molecule has 3 heteroatoms. The van der Waals surface area contributed by atoms with E-state index < -0.39 is 5.60 Å². The number of nitrogens with one attached hydrogen (secondary N) is 1. The molecule has 0 fully saturated rings. The zero-order valence-corrected chi connectivity index (χ0v) is 9.25. The predicted molar refractivity (Wildman–Crippen MR) is 62.9 cm³/mol. The average Bonchev–Trinajstić information content (AvgIpc) is 2.15. The lowest BCUT2D eigenvalue weighted by molar-refractivity contribution is 0.0350. The Hall–Kier alpha value is -1.22. The van der Waals surface area contributed by atoms with Gasteiger partial charge in [0, 0.05) is 17.8 Å². The SMILES string of the molecule is CCC1Nc2ccc(N)cc2CC1(C)O. The molecule has 2 unspecified atom stereocenters. The number of nitrogens with two attached hydrogens (primary N) is 1. The molecule has 0 saturated heterocycles. The van der Waals surface area contributed by atoms with E-state index in [1.807, 2.05) is 25.1 Å². The van der Waals surface area contributed by atoms with Gasteiger partial charge in [-0.2, -0.15) is 0 Å². The van der Waals surface area contributed by atoms with Gasteiger partial charge in [-0.3, -0.25) is 0 Å². The molecular weight excluding hydrogens is 188 g/mol. The van der Waals surface area contributed by atoms with Crippen LogP contribution in [0.25, 0.3) is 0 Å². The molecule has 0 aliphatic carbocycles. The van der Waals surface area contributed by atoms with E-state index in [1.165, 1.54) is 0 Å². The van der Waals surface area contributed by atoms with Crippen molar-refractivity contribution in [2.75, 3.05) is 11.1 Å². The molecular formula is C12H18N2O. The van der Waals surface area contributed by atoms with Crippen molar-refractivity contribution in [2.24, 2.45) is 0 Å². The zero-order chi connectivity index (χ0) is 11.1. The van der Waals surface area contributed by atoms with E-state index in [1.54, 1.807) is 0 Å². The molecule has 1 aliphatic rings. The van der Waals surface area contributed by atoms with Gasteiger partial charge in [0.25, 0.3) is 0 Å². The number of hydrogen-bond donors (Lipinski definition) is 3. The monoisotopic (exact) mass is 206 g/mol. The molecule has 1 aromatic rings. The summed E-state index contributed by atoms with van der Waals surface area (Å²) in [6.45, 7) is 3.95. The fraction of sp³-hybridized carbons (Fsp3) is 0.500. The molecule has 0 spiro atoms. The minimum absolute atomic E-state index is 0.119. The minimum atomic E-state index is -0.685. The first-order valence-corrected chi connectivity index (χ1v) is 5.40. The van der Waals surface area contributed by atoms with Crippen LogP contribution in [-0.4, -0.2) is 16.7 Å². The van der Waals surface area contributed by atoms with Crippen molar-refractivity contribution in [1.82, 2.24) is 0 Å². The molecule has 2 atom stereocenters. The van der Waals surface area contributed by atoms with Gasteiger partial charge in [0.15, 0.2) is 0 Å². The van der Waals surface area contributed by atoms with Gasteiger partial charge in [0.05, 0.1) is 11.6 Å². The van der Waals surface area contributed by atoms with Gasteiger partial charge in [-0.1, -0.05) is 6.92 Å². The molecule has 2 rings (SSSR count). The second-order valence-electron chi connectivity index (χ2n) is 4.56. The smallest absolute Gasteiger partial charge is 0.0860 e. The normalized spacial score (nSPS) is 29.4. The average molecular weight is 206 g/mol. The molecule has 1 aliphatic heterocycles. The van der Waals surface area contributed by atoms with Crippen LogP contribution in [0.3, 0.4) is 0 Å². The van der Waals surface area contributed by atoms with Crippen LogP contribution >= 0.6 is 0 Å². The Labute approximate surface area is 90.3 Å². The Morgan fingerprint density at radius 1 is 1.60 bits per heavy atom. The maximum Gasteiger partial charge on any atom is 0.0860 e. The van der Waals surface area contributed by atoms with Gasteiger partial charge in [-0.15, -0.1) is 0 Å². The van der Waals surface area contributed by atoms with Gasteiger partial charge in [0.1, 0.15) is 0 Å². The lowest BCUT2D eigenvalue weighted by atomic mass is 9.83. The Balaban J connectivity index is 2.38. The first kappa shape index (κ1) is 10.3. The molecule has 3 nitrogen and oxygen atoms in total. The number of benzene rings is 1. The third-order valence-electron chi connectivity index (χ3n) is 3.17. The molecule has 4 N–H and O–H groups in total. The largest absolute Gasteiger partial charge is 0.399 e. The second kappa shape index (κ2) is 3.42. The number of fused-ring (bicyclic) bond motifs is 1. The van der Waals surface area contributed by atoms with Gasteiger partial charge >= 0.3 is 0 Å². The van der Waals surface area contributed by atoms with Crippen LogP contribution in [0.1, 0.15) is 25.8 Å². The van der Waals surface area contributed by atoms with Crippen molar-refractivity contribution in [3.05, 3.63) is 23.8 Å². The molecule has 0 aromatic heterocycles. The fourth-order valence-corrected chi connectivity index (χ4v) is 2.29. The van der Waals surface area contributed by atoms with Gasteiger partial charge in [-0.25, -0.2) is 0 Å². The van der Waals surface area contributed by atoms with Crippen LogP contribution in [0.15, 0.2) is 18.2 Å². The van der Waals surface area contributed by atoms with Crippen molar-refractivity contribution in [1.29, 1.82) is 0 Å². The summed E-state index contributed by atoms with van der Waals surface area (Å²) in [4.78, 5) is 0. The van der Waals surface area contributed by atoms with E-state index in [4.69, 9.17) is 5.73 Å². The van der Waals surface area contributed by atoms with Crippen molar-refractivity contribution in [3.8, 4) is 0 Å². The highest BCUT2D eigenvalue weighted by Crippen LogP contribution is 2.33. The highest BCUT2D eigenvalue weighted by Gasteiger charge is 2.35. The highest BCUT2D eigenvalue weighted by atomic mass is 16.3. The molecule has 1 aromatic carbocycles. The van der Waals surface area contributed by atoms with Crippen LogP contribution in [0, 0.1) is 0 Å². The standard InChI is InChI=1S/C12H18N2O/c1-3-11-12(2,15)7-8-6-9(13)4-5-10(8)14-11/h4-6,11,14-15H,3,7,13H2,1-2H3. The Morgan fingerprint density at radius 2 is 2.33 bits per heavy atom. The summed E-state index contributed by atoms with van der Waals surface area (Å²) in [5.74, 6) is 0. The number of anilines is 2. The van der Waals surface area contributed by atoms with Crippen LogP contribution in [0.2, 0.25) is 0 Å². The molecule has 0 radical (unpaired) electrons. The van der Waals surface area contributed by atoms with Crippen LogP contribution in [0.5, 0.6) is 0 Å². The third kappa shape index (κ3) is 1.79. The molecule has 82 valence electrons. The highest BCUT2D eigenvalue weighted by molar-refractivity contribution is 5.61. The number of rotatable bonds is 1. The molecule has 15 heavy (non-hydrogen) atoms. The summed E-state index contributed by atoms with van der Waals surface area (Å²) in [5, 5.41) is 13.6. The first-order chi connectivity index (χ1) is 7.03. The molecule has 0 bridgehead atoms. The minimum Gasteiger partial charge on any atom is -0.399 e. The van der Waals surface area contributed by atoms with Crippen LogP contribution in [-0.2, 0) is 6.42 Å². The summed E-state index contributed by atoms with van der Waals surface area (Å²) >= 11 is 0. The summed E-state index contributed by atoms with van der Waals surface area (Å²) in [6, 6.07) is 5.93. The first-order valence-electron chi connectivity index (χ1n) is 5.40. The number of nitrogen functional groups attached to an aromatic ring is 1. The summed E-state index contributed by atoms with van der Waals surface area (Å²) in [6.07, 6.45) is 1.58. The lowest BCUT2D eigenvalue weighted by Crippen LogP contribution is -2.49. The molecule has 0 amide bonds. The fourth-order valence-electron chi connectivity index (χ4n) is 2.29. The third-order valence-corrected chi connectivity index (χ3v) is 3.17. The van der Waals surface area contributed by atoms with Crippen LogP contribution < -0.4 is 11.1 Å². The van der Waals surface area contributed by atoms with E-state index in [2.05, 4.69) is 12.2 Å². The van der Waals surface area contributed by atoms with E-state index in [-0.39, 0.29) is 6.04 Å². The zero-order valence-electron chi connectivity index (χ0n) is 9.25. The lowest BCUT2D eigenvalue weighted by Gasteiger charge is -2.39. The van der Waals surface area contributed by atoms with Crippen molar-refractivity contribution in [3.63, 3.8) is 0 Å². The number of hydrogen-bond acceptors (Lipinski definition) is 3. The Morgan fingerprint density at radius 3 is 3.00 bits per heavy atom. The van der Waals surface area contributed by atoms with E-state index in [0.29, 0.717) is 6.42 Å².